The first-order chi connectivity index (χ1) is 9.22. The Morgan fingerprint density at radius 1 is 1.42 bits per heavy atom. The van der Waals surface area contributed by atoms with Crippen molar-refractivity contribution >= 4 is 17.2 Å². The van der Waals surface area contributed by atoms with Gasteiger partial charge >= 0.3 is 0 Å². The highest BCUT2D eigenvalue weighted by molar-refractivity contribution is 7.80. The molecule has 0 aromatic carbocycles. The molecule has 6 heteroatoms. The van der Waals surface area contributed by atoms with Crippen molar-refractivity contribution in [3.8, 4) is 0 Å². The number of nitrogens with zero attached hydrogens (tertiary/aromatic N) is 2. The maximum Gasteiger partial charge on any atom is 0.127 e. The van der Waals surface area contributed by atoms with Crippen LogP contribution in [0.1, 0.15) is 37.1 Å². The molecule has 1 heterocycles. The largest absolute Gasteiger partial charge is 0.391 e. The van der Waals surface area contributed by atoms with E-state index in [0.717, 1.165) is 25.7 Å². The third kappa shape index (κ3) is 3.68. The zero-order valence-electron chi connectivity index (χ0n) is 11.0. The highest BCUT2D eigenvalue weighted by Crippen LogP contribution is 2.19. The Labute approximate surface area is 118 Å². The van der Waals surface area contributed by atoms with Crippen LogP contribution in [0, 0.1) is 0 Å². The van der Waals surface area contributed by atoms with Gasteiger partial charge in [-0.1, -0.05) is 25.1 Å². The van der Waals surface area contributed by atoms with E-state index < -0.39 is 0 Å². The summed E-state index contributed by atoms with van der Waals surface area (Å²) in [7, 11) is 1.61. The third-order valence-corrected chi connectivity index (χ3v) is 3.63. The number of rotatable bonds is 4. The SMILES string of the molecule is COCc1nccnc1C(=S)NC1CCCCC1O. The molecule has 19 heavy (non-hydrogen) atoms. The molecule has 2 unspecified atom stereocenters. The first kappa shape index (κ1) is 14.3. The molecule has 5 nitrogen and oxygen atoms in total. The number of aliphatic hydroxyl groups excluding tert-OH is 1. The van der Waals surface area contributed by atoms with Crippen LogP contribution in [0.25, 0.3) is 0 Å². The fourth-order valence-corrected chi connectivity index (χ4v) is 2.64. The van der Waals surface area contributed by atoms with Gasteiger partial charge in [-0.15, -0.1) is 0 Å². The summed E-state index contributed by atoms with van der Waals surface area (Å²) in [6.07, 6.45) is 6.84. The van der Waals surface area contributed by atoms with E-state index in [0.29, 0.717) is 23.0 Å². The second kappa shape index (κ2) is 6.88. The lowest BCUT2D eigenvalue weighted by atomic mass is 9.92. The van der Waals surface area contributed by atoms with E-state index in [1.165, 1.54) is 0 Å². The number of ether oxygens (including phenoxy) is 1. The molecular formula is C13H19N3O2S. The minimum Gasteiger partial charge on any atom is -0.391 e. The van der Waals surface area contributed by atoms with Gasteiger partial charge in [-0.25, -0.2) is 0 Å². The molecule has 0 saturated heterocycles. The summed E-state index contributed by atoms with van der Waals surface area (Å²) in [5.41, 5.74) is 1.35. The number of aromatic nitrogens is 2. The number of aliphatic hydroxyl groups is 1. The molecular weight excluding hydrogens is 262 g/mol. The lowest BCUT2D eigenvalue weighted by Gasteiger charge is -2.29. The van der Waals surface area contributed by atoms with Crippen LogP contribution >= 0.6 is 12.2 Å². The van der Waals surface area contributed by atoms with Crippen molar-refractivity contribution in [2.24, 2.45) is 0 Å². The molecule has 0 radical (unpaired) electrons. The van der Waals surface area contributed by atoms with Gasteiger partial charge in [0.1, 0.15) is 10.7 Å². The predicted molar refractivity (Wildman–Crippen MR) is 75.8 cm³/mol. The first-order valence-corrected chi connectivity index (χ1v) is 6.91. The molecule has 2 N–H and O–H groups in total. The van der Waals surface area contributed by atoms with Gasteiger partial charge in [-0.2, -0.15) is 0 Å². The van der Waals surface area contributed by atoms with Gasteiger partial charge in [0.2, 0.25) is 0 Å². The van der Waals surface area contributed by atoms with Crippen LogP contribution in [0.5, 0.6) is 0 Å². The maximum atomic E-state index is 9.95. The van der Waals surface area contributed by atoms with Crippen molar-refractivity contribution in [1.82, 2.24) is 15.3 Å². The van der Waals surface area contributed by atoms with Crippen LogP contribution < -0.4 is 5.32 Å². The number of hydrogen-bond acceptors (Lipinski definition) is 5. The van der Waals surface area contributed by atoms with E-state index in [1.807, 2.05) is 0 Å². The molecule has 0 bridgehead atoms. The second-order valence-electron chi connectivity index (χ2n) is 4.72. The van der Waals surface area contributed by atoms with E-state index >= 15 is 0 Å². The summed E-state index contributed by atoms with van der Waals surface area (Å²) in [5, 5.41) is 13.2. The molecule has 1 aromatic heterocycles. The van der Waals surface area contributed by atoms with Gasteiger partial charge < -0.3 is 15.2 Å². The standard InChI is InChI=1S/C13H19N3O2S/c1-18-8-10-12(15-7-6-14-10)13(19)16-9-4-2-3-5-11(9)17/h6-7,9,11,17H,2-5,8H2,1H3,(H,16,19). The van der Waals surface area contributed by atoms with Crippen LogP contribution in [0.3, 0.4) is 0 Å². The fraction of sp³-hybridized carbons (Fsp3) is 0.615. The third-order valence-electron chi connectivity index (χ3n) is 3.32. The molecule has 2 atom stereocenters. The number of nitrogens with one attached hydrogen (secondary N) is 1. The molecule has 104 valence electrons. The molecule has 1 fully saturated rings. The molecule has 1 saturated carbocycles. The lowest BCUT2D eigenvalue weighted by Crippen LogP contribution is -2.45. The summed E-state index contributed by atoms with van der Waals surface area (Å²) in [6, 6.07) is 0.0126. The van der Waals surface area contributed by atoms with Crippen molar-refractivity contribution in [1.29, 1.82) is 0 Å². The number of methoxy groups -OCH3 is 1. The lowest BCUT2D eigenvalue weighted by molar-refractivity contribution is 0.100. The van der Waals surface area contributed by atoms with Crippen molar-refractivity contribution in [3.63, 3.8) is 0 Å². The van der Waals surface area contributed by atoms with Gasteiger partial charge in [-0.3, -0.25) is 9.97 Å². The zero-order valence-corrected chi connectivity index (χ0v) is 11.8. The van der Waals surface area contributed by atoms with E-state index in [9.17, 15) is 5.11 Å². The monoisotopic (exact) mass is 281 g/mol. The average molecular weight is 281 g/mol. The minimum absolute atomic E-state index is 0.0126. The van der Waals surface area contributed by atoms with Gasteiger partial charge in [-0.05, 0) is 12.8 Å². The highest BCUT2D eigenvalue weighted by Gasteiger charge is 2.24. The van der Waals surface area contributed by atoms with Crippen LogP contribution in [0.2, 0.25) is 0 Å². The van der Waals surface area contributed by atoms with Crippen LogP contribution in [-0.4, -0.2) is 39.3 Å². The first-order valence-electron chi connectivity index (χ1n) is 6.50. The highest BCUT2D eigenvalue weighted by atomic mass is 32.1. The van der Waals surface area contributed by atoms with Gasteiger partial charge in [0.05, 0.1) is 24.4 Å². The maximum absolute atomic E-state index is 9.95. The van der Waals surface area contributed by atoms with Crippen molar-refractivity contribution < 1.29 is 9.84 Å². The molecule has 1 aliphatic carbocycles. The van der Waals surface area contributed by atoms with E-state index in [-0.39, 0.29) is 12.1 Å². The molecule has 1 aromatic rings. The van der Waals surface area contributed by atoms with Crippen LogP contribution in [0.15, 0.2) is 12.4 Å². The van der Waals surface area contributed by atoms with Gasteiger partial charge in [0.15, 0.2) is 0 Å². The quantitative estimate of drug-likeness (QED) is 0.808. The Bertz CT molecular complexity index is 442. The molecule has 0 spiro atoms. The van der Waals surface area contributed by atoms with Crippen LogP contribution in [0.4, 0.5) is 0 Å². The van der Waals surface area contributed by atoms with Crippen molar-refractivity contribution in [3.05, 3.63) is 23.8 Å². The summed E-state index contributed by atoms with van der Waals surface area (Å²) < 4.78 is 5.09. The average Bonchev–Trinajstić information content (AvgIpc) is 2.42. The molecule has 2 rings (SSSR count). The minimum atomic E-state index is -0.339. The second-order valence-corrected chi connectivity index (χ2v) is 5.12. The number of hydrogen-bond donors (Lipinski definition) is 2. The Morgan fingerprint density at radius 2 is 2.16 bits per heavy atom. The van der Waals surface area contributed by atoms with E-state index in [4.69, 9.17) is 17.0 Å². The summed E-state index contributed by atoms with van der Waals surface area (Å²) in [6.45, 7) is 0.373. The summed E-state index contributed by atoms with van der Waals surface area (Å²) >= 11 is 5.38. The molecule has 1 aliphatic rings. The molecule has 0 aliphatic heterocycles. The van der Waals surface area contributed by atoms with E-state index in [2.05, 4.69) is 15.3 Å². The summed E-state index contributed by atoms with van der Waals surface area (Å²) in [5.74, 6) is 0. The zero-order chi connectivity index (χ0) is 13.7. The van der Waals surface area contributed by atoms with Gasteiger partial charge in [0.25, 0.3) is 0 Å². The predicted octanol–water partition coefficient (Wildman–Crippen LogP) is 1.19. The fourth-order valence-electron chi connectivity index (χ4n) is 2.32. The normalized spacial score (nSPS) is 23.1. The van der Waals surface area contributed by atoms with Crippen LogP contribution in [-0.2, 0) is 11.3 Å². The number of thiocarbonyl (C=S) groups is 1. The van der Waals surface area contributed by atoms with Crippen molar-refractivity contribution in [2.75, 3.05) is 7.11 Å². The Kier molecular flexibility index (Phi) is 5.18. The van der Waals surface area contributed by atoms with Crippen molar-refractivity contribution in [2.45, 2.75) is 44.4 Å². The van der Waals surface area contributed by atoms with Gasteiger partial charge in [0, 0.05) is 19.5 Å². The Balaban J connectivity index is 2.06. The van der Waals surface area contributed by atoms with E-state index in [1.54, 1.807) is 19.5 Å². The topological polar surface area (TPSA) is 67.3 Å². The molecule has 0 amide bonds. The smallest absolute Gasteiger partial charge is 0.127 e. The summed E-state index contributed by atoms with van der Waals surface area (Å²) in [4.78, 5) is 9.02. The Hall–Kier alpha value is -1.11. The Morgan fingerprint density at radius 3 is 2.89 bits per heavy atom.